The number of aryl methyl sites for hydroxylation is 2. The first-order valence-corrected chi connectivity index (χ1v) is 9.04. The molecule has 0 saturated heterocycles. The van der Waals surface area contributed by atoms with Crippen molar-refractivity contribution in [3.8, 4) is 22.5 Å². The summed E-state index contributed by atoms with van der Waals surface area (Å²) in [5.74, 6) is 0. The maximum Gasteiger partial charge on any atom is 0.182 e. The molecule has 4 rings (SSSR count). The Labute approximate surface area is 158 Å². The lowest BCUT2D eigenvalue weighted by Gasteiger charge is -2.05. The molecule has 0 atom stereocenters. The van der Waals surface area contributed by atoms with Gasteiger partial charge in [0.25, 0.3) is 0 Å². The molecule has 132 valence electrons. The first-order chi connectivity index (χ1) is 12.6. The summed E-state index contributed by atoms with van der Waals surface area (Å²) in [6, 6.07) is 18.1. The smallest absolute Gasteiger partial charge is 0.182 e. The van der Waals surface area contributed by atoms with Crippen LogP contribution in [0.5, 0.6) is 0 Å². The fourth-order valence-corrected chi connectivity index (χ4v) is 3.19. The summed E-state index contributed by atoms with van der Waals surface area (Å²) < 4.78 is 1.72. The van der Waals surface area contributed by atoms with E-state index in [2.05, 4.69) is 34.4 Å². The SMILES string of the molecule is CC.Cc1cccc(-c2nn(C)c3nnc(-c4ccccc4)c(Cl)c23)c1. The van der Waals surface area contributed by atoms with Crippen molar-refractivity contribution < 1.29 is 0 Å². The summed E-state index contributed by atoms with van der Waals surface area (Å²) in [6.45, 7) is 6.06. The largest absolute Gasteiger partial charge is 0.248 e. The van der Waals surface area contributed by atoms with Crippen LogP contribution in [0.3, 0.4) is 0 Å². The monoisotopic (exact) mass is 364 g/mol. The molecule has 0 aliphatic carbocycles. The maximum atomic E-state index is 6.73. The number of aromatic nitrogens is 4. The third-order valence-corrected chi connectivity index (χ3v) is 4.40. The average molecular weight is 365 g/mol. The fraction of sp³-hybridized carbons (Fsp3) is 0.190. The highest BCUT2D eigenvalue weighted by Crippen LogP contribution is 2.36. The summed E-state index contributed by atoms with van der Waals surface area (Å²) in [5, 5.41) is 14.7. The Morgan fingerprint density at radius 1 is 0.846 bits per heavy atom. The Balaban J connectivity index is 0.000000948. The fourth-order valence-electron chi connectivity index (χ4n) is 2.87. The number of hydrogen-bond acceptors (Lipinski definition) is 3. The van der Waals surface area contributed by atoms with Gasteiger partial charge in [-0.15, -0.1) is 10.2 Å². The van der Waals surface area contributed by atoms with Crippen molar-refractivity contribution >= 4 is 22.6 Å². The molecule has 0 N–H and O–H groups in total. The predicted molar refractivity (Wildman–Crippen MR) is 108 cm³/mol. The second-order valence-corrected chi connectivity index (χ2v) is 6.15. The zero-order chi connectivity index (χ0) is 18.7. The second kappa shape index (κ2) is 7.67. The molecule has 0 fully saturated rings. The topological polar surface area (TPSA) is 43.6 Å². The van der Waals surface area contributed by atoms with E-state index >= 15 is 0 Å². The molecule has 0 spiro atoms. The van der Waals surface area contributed by atoms with E-state index in [0.717, 1.165) is 22.2 Å². The molecule has 5 heteroatoms. The highest BCUT2D eigenvalue weighted by molar-refractivity contribution is 6.38. The molecule has 0 amide bonds. The number of benzene rings is 2. The Kier molecular flexibility index (Phi) is 5.33. The Hall–Kier alpha value is -2.72. The third-order valence-electron chi connectivity index (χ3n) is 4.03. The van der Waals surface area contributed by atoms with Crippen molar-refractivity contribution in [3.05, 3.63) is 65.2 Å². The van der Waals surface area contributed by atoms with Gasteiger partial charge in [0, 0.05) is 18.2 Å². The van der Waals surface area contributed by atoms with Crippen LogP contribution in [0.25, 0.3) is 33.5 Å². The lowest BCUT2D eigenvalue weighted by molar-refractivity contribution is 0.781. The van der Waals surface area contributed by atoms with Gasteiger partial charge in [0.2, 0.25) is 0 Å². The van der Waals surface area contributed by atoms with E-state index in [4.69, 9.17) is 11.6 Å². The van der Waals surface area contributed by atoms with Crippen molar-refractivity contribution in [1.29, 1.82) is 0 Å². The lowest BCUT2D eigenvalue weighted by Crippen LogP contribution is -1.95. The van der Waals surface area contributed by atoms with Crippen molar-refractivity contribution in [2.75, 3.05) is 0 Å². The van der Waals surface area contributed by atoms with Crippen LogP contribution in [0.1, 0.15) is 19.4 Å². The van der Waals surface area contributed by atoms with Gasteiger partial charge in [-0.05, 0) is 13.0 Å². The number of rotatable bonds is 2. The zero-order valence-electron chi connectivity index (χ0n) is 15.4. The quantitative estimate of drug-likeness (QED) is 0.459. The van der Waals surface area contributed by atoms with Crippen LogP contribution in [-0.2, 0) is 7.05 Å². The van der Waals surface area contributed by atoms with Crippen LogP contribution in [0.2, 0.25) is 5.02 Å². The van der Waals surface area contributed by atoms with Gasteiger partial charge in [0.15, 0.2) is 5.65 Å². The highest BCUT2D eigenvalue weighted by atomic mass is 35.5. The molecular formula is C21H21ClN4. The molecule has 0 bridgehead atoms. The molecular weight excluding hydrogens is 344 g/mol. The van der Waals surface area contributed by atoms with E-state index in [1.807, 2.05) is 63.4 Å². The van der Waals surface area contributed by atoms with E-state index in [-0.39, 0.29) is 0 Å². The Morgan fingerprint density at radius 2 is 1.54 bits per heavy atom. The minimum absolute atomic E-state index is 0.579. The van der Waals surface area contributed by atoms with Gasteiger partial charge in [-0.25, -0.2) is 4.68 Å². The number of hydrogen-bond donors (Lipinski definition) is 0. The van der Waals surface area contributed by atoms with Crippen LogP contribution in [0, 0.1) is 6.92 Å². The van der Waals surface area contributed by atoms with E-state index in [9.17, 15) is 0 Å². The first-order valence-electron chi connectivity index (χ1n) is 8.66. The third kappa shape index (κ3) is 3.20. The molecule has 0 unspecified atom stereocenters. The molecule has 0 saturated carbocycles. The summed E-state index contributed by atoms with van der Waals surface area (Å²) in [6.07, 6.45) is 0. The van der Waals surface area contributed by atoms with E-state index in [1.54, 1.807) is 4.68 Å². The van der Waals surface area contributed by atoms with Crippen LogP contribution in [0.4, 0.5) is 0 Å². The van der Waals surface area contributed by atoms with Crippen molar-refractivity contribution in [1.82, 2.24) is 20.0 Å². The molecule has 0 radical (unpaired) electrons. The van der Waals surface area contributed by atoms with Gasteiger partial charge in [-0.2, -0.15) is 5.10 Å². The minimum atomic E-state index is 0.579. The summed E-state index contributed by atoms with van der Waals surface area (Å²) in [5.41, 5.74) is 5.31. The molecule has 0 aliphatic heterocycles. The summed E-state index contributed by atoms with van der Waals surface area (Å²) >= 11 is 6.73. The first kappa shape index (κ1) is 18.1. The van der Waals surface area contributed by atoms with Crippen LogP contribution in [0.15, 0.2) is 54.6 Å². The normalized spacial score (nSPS) is 10.5. The minimum Gasteiger partial charge on any atom is -0.248 e. The zero-order valence-corrected chi connectivity index (χ0v) is 16.1. The van der Waals surface area contributed by atoms with Crippen molar-refractivity contribution in [2.24, 2.45) is 7.05 Å². The number of nitrogens with zero attached hydrogens (tertiary/aromatic N) is 4. The predicted octanol–water partition coefficient (Wildman–Crippen LogP) is 5.69. The molecule has 4 nitrogen and oxygen atoms in total. The van der Waals surface area contributed by atoms with Gasteiger partial charge < -0.3 is 0 Å². The van der Waals surface area contributed by atoms with Gasteiger partial charge in [0.1, 0.15) is 11.4 Å². The van der Waals surface area contributed by atoms with Crippen molar-refractivity contribution in [2.45, 2.75) is 20.8 Å². The van der Waals surface area contributed by atoms with Crippen molar-refractivity contribution in [3.63, 3.8) is 0 Å². The maximum absolute atomic E-state index is 6.73. The second-order valence-electron chi connectivity index (χ2n) is 5.77. The van der Waals surface area contributed by atoms with E-state index in [1.165, 1.54) is 5.56 Å². The molecule has 2 aromatic heterocycles. The van der Waals surface area contributed by atoms with Gasteiger partial charge in [-0.1, -0.05) is 79.5 Å². The summed E-state index contributed by atoms with van der Waals surface area (Å²) in [4.78, 5) is 0. The van der Waals surface area contributed by atoms with Gasteiger partial charge in [-0.3, -0.25) is 0 Å². The average Bonchev–Trinajstić information content (AvgIpc) is 3.02. The van der Waals surface area contributed by atoms with Crippen LogP contribution in [-0.4, -0.2) is 20.0 Å². The molecule has 26 heavy (non-hydrogen) atoms. The standard InChI is InChI=1S/C19H15ClN4.C2H6/c1-12-7-6-10-14(11-12)17-15-16(20)18(13-8-4-3-5-9-13)21-22-19(15)24(2)23-17;1-2/h3-11H,1-2H3;1-2H3. The number of halogens is 1. The van der Waals surface area contributed by atoms with E-state index < -0.39 is 0 Å². The van der Waals surface area contributed by atoms with Crippen LogP contribution >= 0.6 is 11.6 Å². The Morgan fingerprint density at radius 3 is 2.23 bits per heavy atom. The molecule has 4 aromatic rings. The van der Waals surface area contributed by atoms with Crippen LogP contribution < -0.4 is 0 Å². The number of fused-ring (bicyclic) bond motifs is 1. The summed E-state index contributed by atoms with van der Waals surface area (Å²) in [7, 11) is 1.86. The van der Waals surface area contributed by atoms with Gasteiger partial charge >= 0.3 is 0 Å². The molecule has 2 heterocycles. The Bertz CT molecular complexity index is 1040. The van der Waals surface area contributed by atoms with E-state index in [0.29, 0.717) is 16.4 Å². The molecule has 2 aromatic carbocycles. The highest BCUT2D eigenvalue weighted by Gasteiger charge is 2.19. The lowest BCUT2D eigenvalue weighted by atomic mass is 10.1. The van der Waals surface area contributed by atoms with Gasteiger partial charge in [0.05, 0.1) is 10.4 Å². The molecule has 0 aliphatic rings.